The Labute approximate surface area is 270 Å². The summed E-state index contributed by atoms with van der Waals surface area (Å²) in [6.07, 6.45) is 0.691. The van der Waals surface area contributed by atoms with E-state index in [1.807, 2.05) is 13.8 Å². The van der Waals surface area contributed by atoms with Gasteiger partial charge in [-0.2, -0.15) is 0 Å². The summed E-state index contributed by atoms with van der Waals surface area (Å²) in [4.78, 5) is 28.7. The van der Waals surface area contributed by atoms with Crippen LogP contribution in [0, 0.1) is 0 Å². The Hall–Kier alpha value is -4.16. The number of sulfonamides is 1. The van der Waals surface area contributed by atoms with Gasteiger partial charge in [0.15, 0.2) is 11.5 Å². The Morgan fingerprint density at radius 2 is 1.47 bits per heavy atom. The van der Waals surface area contributed by atoms with Gasteiger partial charge in [0.2, 0.25) is 11.8 Å². The molecule has 0 fully saturated rings. The second-order valence-electron chi connectivity index (χ2n) is 10.2. The maximum absolute atomic E-state index is 14.4. The van der Waals surface area contributed by atoms with E-state index in [0.717, 1.165) is 4.31 Å². The third-order valence-corrected chi connectivity index (χ3v) is 9.32. The molecule has 0 radical (unpaired) electrons. The van der Waals surface area contributed by atoms with Crippen LogP contribution in [-0.2, 0) is 26.2 Å². The number of hydrogen-bond acceptors (Lipinski definition) is 8. The molecule has 3 rings (SSSR count). The summed E-state index contributed by atoms with van der Waals surface area (Å²) < 4.78 is 51.2. The lowest BCUT2D eigenvalue weighted by Gasteiger charge is -2.33. The quantitative estimate of drug-likeness (QED) is 0.244. The van der Waals surface area contributed by atoms with Gasteiger partial charge < -0.3 is 29.2 Å². The van der Waals surface area contributed by atoms with Crippen molar-refractivity contribution in [2.24, 2.45) is 0 Å². The zero-order valence-corrected chi connectivity index (χ0v) is 28.1. The number of halogens is 1. The number of ether oxygens (including phenoxy) is 4. The number of nitrogens with one attached hydrogen (secondary N) is 1. The minimum absolute atomic E-state index is 0.0184. The SMILES string of the molecule is CC[C@H](C)NC(=O)[C@H](C)N(Cc1ccc(Cl)cc1)C(=O)CN(c1cc(OC)ccc1OC)S(=O)(=O)c1ccc(OC)c(OC)c1. The van der Waals surface area contributed by atoms with Crippen LogP contribution in [0.4, 0.5) is 5.69 Å². The molecule has 0 aromatic heterocycles. The number of amides is 2. The third kappa shape index (κ3) is 8.52. The van der Waals surface area contributed by atoms with Gasteiger partial charge in [-0.3, -0.25) is 13.9 Å². The lowest BCUT2D eigenvalue weighted by Crippen LogP contribution is -2.52. The highest BCUT2D eigenvalue weighted by atomic mass is 35.5. The van der Waals surface area contributed by atoms with Crippen LogP contribution >= 0.6 is 11.6 Å². The van der Waals surface area contributed by atoms with Crippen LogP contribution in [0.5, 0.6) is 23.0 Å². The van der Waals surface area contributed by atoms with Crippen LogP contribution < -0.4 is 28.6 Å². The molecule has 45 heavy (non-hydrogen) atoms. The van der Waals surface area contributed by atoms with E-state index in [1.165, 1.54) is 57.6 Å². The zero-order valence-electron chi connectivity index (χ0n) is 26.5. The molecule has 3 aromatic rings. The molecule has 0 aliphatic rings. The van der Waals surface area contributed by atoms with E-state index in [9.17, 15) is 18.0 Å². The van der Waals surface area contributed by atoms with Gasteiger partial charge >= 0.3 is 0 Å². The number of hydrogen-bond donors (Lipinski definition) is 1. The molecule has 0 saturated carbocycles. The van der Waals surface area contributed by atoms with E-state index < -0.39 is 28.5 Å². The summed E-state index contributed by atoms with van der Waals surface area (Å²) in [6.45, 7) is 4.75. The zero-order chi connectivity index (χ0) is 33.3. The molecule has 0 aliphatic carbocycles. The Kier molecular flexibility index (Phi) is 12.3. The Bertz CT molecular complexity index is 1580. The number of benzene rings is 3. The summed E-state index contributed by atoms with van der Waals surface area (Å²) in [5, 5.41) is 3.42. The lowest BCUT2D eigenvalue weighted by molar-refractivity contribution is -0.139. The van der Waals surface area contributed by atoms with Crippen molar-refractivity contribution in [3.05, 3.63) is 71.2 Å². The average Bonchev–Trinajstić information content (AvgIpc) is 3.05. The molecular weight excluding hydrogens is 622 g/mol. The van der Waals surface area contributed by atoms with Gasteiger partial charge in [0.1, 0.15) is 24.1 Å². The highest BCUT2D eigenvalue weighted by molar-refractivity contribution is 7.92. The minimum atomic E-state index is -4.45. The van der Waals surface area contributed by atoms with Gasteiger partial charge in [0.05, 0.1) is 39.0 Å². The smallest absolute Gasteiger partial charge is 0.265 e. The van der Waals surface area contributed by atoms with Crippen LogP contribution in [0.2, 0.25) is 5.02 Å². The van der Waals surface area contributed by atoms with Gasteiger partial charge in [0, 0.05) is 29.7 Å². The monoisotopic (exact) mass is 661 g/mol. The van der Waals surface area contributed by atoms with Crippen LogP contribution in [0.25, 0.3) is 0 Å². The van der Waals surface area contributed by atoms with Gasteiger partial charge in [0.25, 0.3) is 10.0 Å². The number of anilines is 1. The van der Waals surface area contributed by atoms with E-state index in [2.05, 4.69) is 5.32 Å². The van der Waals surface area contributed by atoms with E-state index in [4.69, 9.17) is 30.5 Å². The Balaban J connectivity index is 2.16. The Morgan fingerprint density at radius 3 is 2.04 bits per heavy atom. The number of rotatable bonds is 15. The molecule has 0 heterocycles. The molecule has 0 saturated heterocycles. The molecular formula is C32H40ClN3O8S. The van der Waals surface area contributed by atoms with Crippen molar-refractivity contribution in [2.45, 2.75) is 50.7 Å². The van der Waals surface area contributed by atoms with E-state index in [1.54, 1.807) is 43.3 Å². The van der Waals surface area contributed by atoms with Crippen LogP contribution in [0.3, 0.4) is 0 Å². The number of nitrogens with zero attached hydrogens (tertiary/aromatic N) is 2. The molecule has 2 amide bonds. The third-order valence-electron chi connectivity index (χ3n) is 7.31. The van der Waals surface area contributed by atoms with Crippen LogP contribution in [0.1, 0.15) is 32.8 Å². The van der Waals surface area contributed by atoms with Gasteiger partial charge in [-0.1, -0.05) is 30.7 Å². The van der Waals surface area contributed by atoms with Crippen molar-refractivity contribution < 1.29 is 37.0 Å². The first-order valence-electron chi connectivity index (χ1n) is 14.2. The van der Waals surface area contributed by atoms with Gasteiger partial charge in [-0.05, 0) is 62.2 Å². The highest BCUT2D eigenvalue weighted by Crippen LogP contribution is 2.37. The summed E-state index contributed by atoms with van der Waals surface area (Å²) in [6, 6.07) is 14.5. The molecule has 244 valence electrons. The van der Waals surface area contributed by atoms with Crippen LogP contribution in [-0.4, -0.2) is 72.2 Å². The average molecular weight is 662 g/mol. The number of carbonyl (C=O) groups excluding carboxylic acids is 2. The fourth-order valence-corrected chi connectivity index (χ4v) is 6.00. The second-order valence-corrected chi connectivity index (χ2v) is 12.5. The fraction of sp³-hybridized carbons (Fsp3) is 0.375. The van der Waals surface area contributed by atoms with Crippen molar-refractivity contribution in [1.82, 2.24) is 10.2 Å². The molecule has 2 atom stereocenters. The van der Waals surface area contributed by atoms with E-state index >= 15 is 0 Å². The molecule has 1 N–H and O–H groups in total. The minimum Gasteiger partial charge on any atom is -0.497 e. The Morgan fingerprint density at radius 1 is 0.844 bits per heavy atom. The largest absolute Gasteiger partial charge is 0.497 e. The van der Waals surface area contributed by atoms with E-state index in [0.29, 0.717) is 28.5 Å². The first-order chi connectivity index (χ1) is 21.4. The van der Waals surface area contributed by atoms with Crippen molar-refractivity contribution >= 4 is 39.1 Å². The van der Waals surface area contributed by atoms with Crippen molar-refractivity contribution in [2.75, 3.05) is 39.3 Å². The second kappa shape index (κ2) is 15.7. The van der Waals surface area contributed by atoms with Crippen molar-refractivity contribution in [3.8, 4) is 23.0 Å². The van der Waals surface area contributed by atoms with E-state index in [-0.39, 0.29) is 40.6 Å². The summed E-state index contributed by atoms with van der Waals surface area (Å²) in [7, 11) is 1.21. The van der Waals surface area contributed by atoms with Crippen molar-refractivity contribution in [1.29, 1.82) is 0 Å². The van der Waals surface area contributed by atoms with Crippen LogP contribution in [0.15, 0.2) is 65.6 Å². The predicted molar refractivity (Wildman–Crippen MR) is 173 cm³/mol. The fourth-order valence-electron chi connectivity index (χ4n) is 4.44. The number of carbonyl (C=O) groups is 2. The topological polar surface area (TPSA) is 124 Å². The van der Waals surface area contributed by atoms with Gasteiger partial charge in [-0.25, -0.2) is 8.42 Å². The maximum atomic E-state index is 14.4. The van der Waals surface area contributed by atoms with Gasteiger partial charge in [-0.15, -0.1) is 0 Å². The molecule has 0 spiro atoms. The first-order valence-corrected chi connectivity index (χ1v) is 16.0. The molecule has 13 heteroatoms. The van der Waals surface area contributed by atoms with Crippen molar-refractivity contribution in [3.63, 3.8) is 0 Å². The molecule has 11 nitrogen and oxygen atoms in total. The molecule has 0 aliphatic heterocycles. The molecule has 0 bridgehead atoms. The summed E-state index contributed by atoms with van der Waals surface area (Å²) >= 11 is 6.08. The molecule has 3 aromatic carbocycles. The summed E-state index contributed by atoms with van der Waals surface area (Å²) in [5.74, 6) is 0.0191. The lowest BCUT2D eigenvalue weighted by atomic mass is 10.1. The maximum Gasteiger partial charge on any atom is 0.265 e. The first kappa shape index (κ1) is 35.3. The molecule has 0 unspecified atom stereocenters. The highest BCUT2D eigenvalue weighted by Gasteiger charge is 2.35. The predicted octanol–water partition coefficient (Wildman–Crippen LogP) is 4.90. The number of methoxy groups -OCH3 is 4. The summed E-state index contributed by atoms with van der Waals surface area (Å²) in [5.41, 5.74) is 0.757. The normalized spacial score (nSPS) is 12.4. The standard InChI is InChI=1S/C32H40ClN3O8S/c1-8-21(2)34-32(38)22(3)35(19-23-9-11-24(33)12-10-23)31(37)20-36(27-17-25(41-4)13-15-28(27)42-5)45(39,40)26-14-16-29(43-6)30(18-26)44-7/h9-18,21-22H,8,19-20H2,1-7H3,(H,34,38)/t21-,22-/m0/s1.